The van der Waals surface area contributed by atoms with Gasteiger partial charge in [0.05, 0.1) is 0 Å². The molecule has 0 aromatic heterocycles. The number of hydrogen-bond donors (Lipinski definition) is 2. The third kappa shape index (κ3) is 5.35. The smallest absolute Gasteiger partial charge is 0.276 e. The molecule has 0 radical (unpaired) electrons. The quantitative estimate of drug-likeness (QED) is 0.793. The number of nitrogens with one attached hydrogen (secondary N) is 2. The predicted molar refractivity (Wildman–Crippen MR) is 97.4 cm³/mol. The number of hydrazine groups is 1. The summed E-state index contributed by atoms with van der Waals surface area (Å²) < 4.78 is 5.62. The Hall–Kier alpha value is -2.82. The topological polar surface area (TPSA) is 67.4 Å². The summed E-state index contributed by atoms with van der Waals surface area (Å²) in [6.45, 7) is 5.96. The zero-order valence-electron chi connectivity index (χ0n) is 14.8. The number of rotatable bonds is 6. The molecule has 0 fully saturated rings. The summed E-state index contributed by atoms with van der Waals surface area (Å²) in [7, 11) is 0. The van der Waals surface area contributed by atoms with E-state index in [1.54, 1.807) is 18.2 Å². The summed E-state index contributed by atoms with van der Waals surface area (Å²) in [4.78, 5) is 23.9. The van der Waals surface area contributed by atoms with Crippen LogP contribution in [-0.4, -0.2) is 18.4 Å². The van der Waals surface area contributed by atoms with Crippen molar-refractivity contribution in [3.63, 3.8) is 0 Å². The van der Waals surface area contributed by atoms with Crippen LogP contribution in [0.3, 0.4) is 0 Å². The van der Waals surface area contributed by atoms with Crippen LogP contribution < -0.4 is 15.6 Å². The average molecular weight is 340 g/mol. The number of ether oxygens (including phenoxy) is 1. The van der Waals surface area contributed by atoms with Crippen LogP contribution in [0.15, 0.2) is 48.5 Å². The molecule has 0 aliphatic heterocycles. The molecule has 0 saturated carbocycles. The molecular formula is C20H24N2O3. The van der Waals surface area contributed by atoms with Gasteiger partial charge < -0.3 is 4.74 Å². The van der Waals surface area contributed by atoms with Gasteiger partial charge in [-0.3, -0.25) is 20.4 Å². The first-order chi connectivity index (χ1) is 12.0. The van der Waals surface area contributed by atoms with E-state index in [1.165, 1.54) is 0 Å². The van der Waals surface area contributed by atoms with Crippen LogP contribution in [0, 0.1) is 6.92 Å². The summed E-state index contributed by atoms with van der Waals surface area (Å²) in [6, 6.07) is 14.8. The molecule has 0 aliphatic rings. The SMILES string of the molecule is CCC(C)c1ccccc1OCC(=O)NNC(=O)c1cccc(C)c1. The van der Waals surface area contributed by atoms with Crippen LogP contribution in [-0.2, 0) is 4.79 Å². The van der Waals surface area contributed by atoms with Crippen molar-refractivity contribution in [1.29, 1.82) is 0 Å². The van der Waals surface area contributed by atoms with Gasteiger partial charge in [0.15, 0.2) is 6.61 Å². The second kappa shape index (κ2) is 8.87. The maximum absolute atomic E-state index is 12.0. The molecule has 1 atom stereocenters. The van der Waals surface area contributed by atoms with Gasteiger partial charge in [0.25, 0.3) is 11.8 Å². The molecule has 2 aromatic carbocycles. The summed E-state index contributed by atoms with van der Waals surface area (Å²) >= 11 is 0. The number of carbonyl (C=O) groups is 2. The number of benzene rings is 2. The van der Waals surface area contributed by atoms with Gasteiger partial charge in [0, 0.05) is 5.56 Å². The Kier molecular flexibility index (Phi) is 6.57. The fourth-order valence-electron chi connectivity index (χ4n) is 2.40. The number of aryl methyl sites for hydroxylation is 1. The van der Waals surface area contributed by atoms with Crippen molar-refractivity contribution < 1.29 is 14.3 Å². The van der Waals surface area contributed by atoms with Crippen molar-refractivity contribution >= 4 is 11.8 Å². The summed E-state index contributed by atoms with van der Waals surface area (Å²) in [5, 5.41) is 0. The van der Waals surface area contributed by atoms with E-state index in [-0.39, 0.29) is 12.5 Å². The van der Waals surface area contributed by atoms with Crippen LogP contribution in [0.4, 0.5) is 0 Å². The number of hydrogen-bond acceptors (Lipinski definition) is 3. The molecule has 0 spiro atoms. The summed E-state index contributed by atoms with van der Waals surface area (Å²) in [5.41, 5.74) is 7.30. The minimum atomic E-state index is -0.417. The lowest BCUT2D eigenvalue weighted by molar-refractivity contribution is -0.123. The second-order valence-electron chi connectivity index (χ2n) is 6.01. The normalized spacial score (nSPS) is 11.5. The highest BCUT2D eigenvalue weighted by Gasteiger charge is 2.12. The molecule has 25 heavy (non-hydrogen) atoms. The minimum Gasteiger partial charge on any atom is -0.483 e. The van der Waals surface area contributed by atoms with Gasteiger partial charge in [-0.2, -0.15) is 0 Å². The Bertz CT molecular complexity index is 743. The first-order valence-electron chi connectivity index (χ1n) is 8.38. The number of carbonyl (C=O) groups excluding carboxylic acids is 2. The zero-order chi connectivity index (χ0) is 18.2. The van der Waals surface area contributed by atoms with Crippen LogP contribution in [0.2, 0.25) is 0 Å². The molecule has 2 rings (SSSR count). The van der Waals surface area contributed by atoms with Gasteiger partial charge in [-0.15, -0.1) is 0 Å². The maximum Gasteiger partial charge on any atom is 0.276 e. The molecule has 1 unspecified atom stereocenters. The fraction of sp³-hybridized carbons (Fsp3) is 0.300. The third-order valence-corrected chi connectivity index (χ3v) is 4.02. The highest BCUT2D eigenvalue weighted by atomic mass is 16.5. The second-order valence-corrected chi connectivity index (χ2v) is 6.01. The molecule has 2 N–H and O–H groups in total. The van der Waals surface area contributed by atoms with E-state index < -0.39 is 5.91 Å². The minimum absolute atomic E-state index is 0.165. The lowest BCUT2D eigenvalue weighted by Crippen LogP contribution is -2.43. The summed E-state index contributed by atoms with van der Waals surface area (Å²) in [5.74, 6) is 0.259. The van der Waals surface area contributed by atoms with Crippen LogP contribution >= 0.6 is 0 Å². The van der Waals surface area contributed by atoms with Crippen molar-refractivity contribution in [2.45, 2.75) is 33.1 Å². The Balaban J connectivity index is 1.86. The fourth-order valence-corrected chi connectivity index (χ4v) is 2.40. The zero-order valence-corrected chi connectivity index (χ0v) is 14.8. The molecule has 2 aromatic rings. The molecule has 0 saturated heterocycles. The predicted octanol–water partition coefficient (Wildman–Crippen LogP) is 3.35. The van der Waals surface area contributed by atoms with Gasteiger partial charge in [-0.05, 0) is 43.0 Å². The van der Waals surface area contributed by atoms with Crippen molar-refractivity contribution in [1.82, 2.24) is 10.9 Å². The average Bonchev–Trinajstić information content (AvgIpc) is 2.64. The number of amides is 2. The Labute approximate surface area is 148 Å². The molecule has 0 heterocycles. The molecule has 5 nitrogen and oxygen atoms in total. The Morgan fingerprint density at radius 3 is 2.56 bits per heavy atom. The van der Waals surface area contributed by atoms with Crippen molar-refractivity contribution in [3.8, 4) is 5.75 Å². The largest absolute Gasteiger partial charge is 0.483 e. The van der Waals surface area contributed by atoms with Crippen LogP contribution in [0.1, 0.15) is 47.7 Å². The Morgan fingerprint density at radius 2 is 1.84 bits per heavy atom. The van der Waals surface area contributed by atoms with Crippen molar-refractivity contribution in [3.05, 3.63) is 65.2 Å². The molecule has 2 amide bonds. The lowest BCUT2D eigenvalue weighted by Gasteiger charge is -2.15. The van der Waals surface area contributed by atoms with E-state index in [4.69, 9.17) is 4.74 Å². The molecule has 0 aliphatic carbocycles. The van der Waals surface area contributed by atoms with E-state index in [2.05, 4.69) is 24.7 Å². The van der Waals surface area contributed by atoms with E-state index in [0.717, 1.165) is 17.5 Å². The van der Waals surface area contributed by atoms with Gasteiger partial charge >= 0.3 is 0 Å². The third-order valence-electron chi connectivity index (χ3n) is 4.02. The highest BCUT2D eigenvalue weighted by Crippen LogP contribution is 2.28. The van der Waals surface area contributed by atoms with Gasteiger partial charge in [0.2, 0.25) is 0 Å². The van der Waals surface area contributed by atoms with Gasteiger partial charge in [0.1, 0.15) is 5.75 Å². The molecule has 132 valence electrons. The maximum atomic E-state index is 12.0. The van der Waals surface area contributed by atoms with Crippen LogP contribution in [0.5, 0.6) is 5.75 Å². The number of para-hydroxylation sites is 1. The van der Waals surface area contributed by atoms with E-state index in [9.17, 15) is 9.59 Å². The van der Waals surface area contributed by atoms with E-state index in [1.807, 2.05) is 37.3 Å². The monoisotopic (exact) mass is 340 g/mol. The lowest BCUT2D eigenvalue weighted by atomic mass is 9.98. The molecule has 5 heteroatoms. The highest BCUT2D eigenvalue weighted by molar-refractivity contribution is 5.95. The molecule has 0 bridgehead atoms. The van der Waals surface area contributed by atoms with E-state index in [0.29, 0.717) is 17.2 Å². The van der Waals surface area contributed by atoms with Crippen LogP contribution in [0.25, 0.3) is 0 Å². The first kappa shape index (κ1) is 18.5. The summed E-state index contributed by atoms with van der Waals surface area (Å²) in [6.07, 6.45) is 0.985. The van der Waals surface area contributed by atoms with E-state index >= 15 is 0 Å². The van der Waals surface area contributed by atoms with Gasteiger partial charge in [-0.25, -0.2) is 0 Å². The standard InChI is InChI=1S/C20H24N2O3/c1-4-15(3)17-10-5-6-11-18(17)25-13-19(23)21-22-20(24)16-9-7-8-14(2)12-16/h5-12,15H,4,13H2,1-3H3,(H,21,23)(H,22,24). The molecular weight excluding hydrogens is 316 g/mol. The van der Waals surface area contributed by atoms with Gasteiger partial charge in [-0.1, -0.05) is 49.7 Å². The van der Waals surface area contributed by atoms with Crippen molar-refractivity contribution in [2.24, 2.45) is 0 Å². The Morgan fingerprint density at radius 1 is 1.08 bits per heavy atom. The van der Waals surface area contributed by atoms with Crippen molar-refractivity contribution in [2.75, 3.05) is 6.61 Å². The first-order valence-corrected chi connectivity index (χ1v) is 8.38.